The van der Waals surface area contributed by atoms with Crippen molar-refractivity contribution in [2.45, 2.75) is 32.1 Å². The summed E-state index contributed by atoms with van der Waals surface area (Å²) < 4.78 is 0. The van der Waals surface area contributed by atoms with E-state index in [1.807, 2.05) is 0 Å². The molecule has 2 amide bonds. The molecule has 1 heterocycles. The highest BCUT2D eigenvalue weighted by atomic mass is 16.4. The predicted octanol–water partition coefficient (Wildman–Crippen LogP) is 0.390. The van der Waals surface area contributed by atoms with Crippen LogP contribution < -0.4 is 0 Å². The molecule has 0 atom stereocenters. The van der Waals surface area contributed by atoms with Gasteiger partial charge >= 0.3 is 5.97 Å². The minimum absolute atomic E-state index is 0.00292. The van der Waals surface area contributed by atoms with Crippen LogP contribution in [0.4, 0.5) is 0 Å². The summed E-state index contributed by atoms with van der Waals surface area (Å²) in [6.07, 6.45) is 1.76. The van der Waals surface area contributed by atoms with Gasteiger partial charge in [-0.1, -0.05) is 0 Å². The second kappa shape index (κ2) is 4.74. The van der Waals surface area contributed by atoms with E-state index in [2.05, 4.69) is 0 Å². The van der Waals surface area contributed by atoms with E-state index in [1.54, 1.807) is 0 Å². The Kier molecular flexibility index (Phi) is 3.62. The van der Waals surface area contributed by atoms with E-state index in [-0.39, 0.29) is 24.8 Å². The maximum Gasteiger partial charge on any atom is 0.303 e. The molecule has 1 saturated heterocycles. The number of rotatable bonds is 4. The first kappa shape index (κ1) is 10.7. The molecule has 1 rings (SSSR count). The molecular weight excluding hydrogens is 186 g/mol. The molecule has 0 unspecified atom stereocenters. The van der Waals surface area contributed by atoms with Crippen LogP contribution in [0.1, 0.15) is 32.1 Å². The number of hydrogen-bond acceptors (Lipinski definition) is 3. The van der Waals surface area contributed by atoms with Gasteiger partial charge in [-0.3, -0.25) is 19.3 Å². The summed E-state index contributed by atoms with van der Waals surface area (Å²) in [5, 5.41) is 8.39. The van der Waals surface area contributed by atoms with E-state index in [4.69, 9.17) is 5.11 Å². The van der Waals surface area contributed by atoms with Gasteiger partial charge in [0.05, 0.1) is 0 Å². The average molecular weight is 199 g/mol. The largest absolute Gasteiger partial charge is 0.481 e. The SMILES string of the molecule is O=C(O)CCCN1C(=O)CCCC1=O. The highest BCUT2D eigenvalue weighted by Gasteiger charge is 2.25. The molecule has 0 spiro atoms. The molecule has 0 aromatic carbocycles. The normalized spacial score (nSPS) is 17.3. The van der Waals surface area contributed by atoms with Gasteiger partial charge in [0.1, 0.15) is 0 Å². The quantitative estimate of drug-likeness (QED) is 0.664. The van der Waals surface area contributed by atoms with Gasteiger partial charge in [-0.15, -0.1) is 0 Å². The summed E-state index contributed by atoms with van der Waals surface area (Å²) in [6.45, 7) is 0.240. The molecule has 0 aromatic heterocycles. The van der Waals surface area contributed by atoms with E-state index in [0.717, 1.165) is 0 Å². The van der Waals surface area contributed by atoms with Crippen molar-refractivity contribution in [2.75, 3.05) is 6.54 Å². The van der Waals surface area contributed by atoms with Gasteiger partial charge in [-0.25, -0.2) is 0 Å². The third-order valence-corrected chi connectivity index (χ3v) is 2.16. The molecular formula is C9H13NO4. The van der Waals surface area contributed by atoms with Gasteiger partial charge in [0.2, 0.25) is 11.8 Å². The number of likely N-dealkylation sites (tertiary alicyclic amines) is 1. The van der Waals surface area contributed by atoms with Crippen molar-refractivity contribution in [3.63, 3.8) is 0 Å². The Morgan fingerprint density at radius 3 is 2.36 bits per heavy atom. The van der Waals surface area contributed by atoms with Crippen molar-refractivity contribution in [1.82, 2.24) is 4.90 Å². The lowest BCUT2D eigenvalue weighted by Gasteiger charge is -2.24. The van der Waals surface area contributed by atoms with Crippen LogP contribution in [0.2, 0.25) is 0 Å². The van der Waals surface area contributed by atoms with Crippen molar-refractivity contribution < 1.29 is 19.5 Å². The van der Waals surface area contributed by atoms with Gasteiger partial charge in [0.15, 0.2) is 0 Å². The third kappa shape index (κ3) is 2.83. The van der Waals surface area contributed by atoms with Crippen molar-refractivity contribution in [3.05, 3.63) is 0 Å². The molecule has 5 heteroatoms. The Morgan fingerprint density at radius 2 is 1.86 bits per heavy atom. The number of carbonyl (C=O) groups excluding carboxylic acids is 2. The minimum atomic E-state index is -0.901. The van der Waals surface area contributed by atoms with Crippen LogP contribution in [0.3, 0.4) is 0 Å². The molecule has 0 radical (unpaired) electrons. The minimum Gasteiger partial charge on any atom is -0.481 e. The summed E-state index contributed by atoms with van der Waals surface area (Å²) in [7, 11) is 0. The number of aliphatic carboxylic acids is 1. The fourth-order valence-corrected chi connectivity index (χ4v) is 1.44. The zero-order chi connectivity index (χ0) is 10.6. The monoisotopic (exact) mass is 199 g/mol. The molecule has 0 bridgehead atoms. The smallest absolute Gasteiger partial charge is 0.303 e. The maximum atomic E-state index is 11.2. The van der Waals surface area contributed by atoms with Gasteiger partial charge in [0.25, 0.3) is 0 Å². The van der Waals surface area contributed by atoms with Crippen LogP contribution in [0, 0.1) is 0 Å². The standard InChI is InChI=1S/C9H13NO4/c11-7-3-1-4-8(12)10(7)6-2-5-9(13)14/h1-6H2,(H,13,14). The van der Waals surface area contributed by atoms with E-state index in [1.165, 1.54) is 4.90 Å². The summed E-state index contributed by atoms with van der Waals surface area (Å²) in [6, 6.07) is 0. The second-order valence-corrected chi connectivity index (χ2v) is 3.29. The van der Waals surface area contributed by atoms with Crippen LogP contribution in [0.15, 0.2) is 0 Å². The number of hydrogen-bond donors (Lipinski definition) is 1. The van der Waals surface area contributed by atoms with Crippen LogP contribution >= 0.6 is 0 Å². The lowest BCUT2D eigenvalue weighted by molar-refractivity contribution is -0.149. The molecule has 14 heavy (non-hydrogen) atoms. The van der Waals surface area contributed by atoms with Crippen molar-refractivity contribution in [3.8, 4) is 0 Å². The fraction of sp³-hybridized carbons (Fsp3) is 0.667. The van der Waals surface area contributed by atoms with Crippen molar-refractivity contribution in [1.29, 1.82) is 0 Å². The average Bonchev–Trinajstić information content (AvgIpc) is 2.09. The number of carbonyl (C=O) groups is 3. The molecule has 1 aliphatic rings. The molecule has 0 aliphatic carbocycles. The third-order valence-electron chi connectivity index (χ3n) is 2.16. The predicted molar refractivity (Wildman–Crippen MR) is 47.4 cm³/mol. The Hall–Kier alpha value is -1.39. The van der Waals surface area contributed by atoms with Crippen LogP contribution in [0.5, 0.6) is 0 Å². The van der Waals surface area contributed by atoms with Crippen LogP contribution in [-0.2, 0) is 14.4 Å². The second-order valence-electron chi connectivity index (χ2n) is 3.29. The molecule has 1 N–H and O–H groups in total. The number of carboxylic acids is 1. The van der Waals surface area contributed by atoms with Gasteiger partial charge < -0.3 is 5.11 Å². The number of carboxylic acid groups (broad SMARTS) is 1. The topological polar surface area (TPSA) is 74.7 Å². The summed E-state index contributed by atoms with van der Waals surface area (Å²) in [4.78, 5) is 33.9. The van der Waals surface area contributed by atoms with E-state index < -0.39 is 5.97 Å². The van der Waals surface area contributed by atoms with Gasteiger partial charge in [-0.2, -0.15) is 0 Å². The highest BCUT2D eigenvalue weighted by molar-refractivity contribution is 5.97. The van der Waals surface area contributed by atoms with E-state index >= 15 is 0 Å². The van der Waals surface area contributed by atoms with Crippen molar-refractivity contribution in [2.24, 2.45) is 0 Å². The number of piperidine rings is 1. The summed E-state index contributed by atoms with van der Waals surface area (Å²) in [5.74, 6) is -1.25. The Labute approximate surface area is 81.7 Å². The highest BCUT2D eigenvalue weighted by Crippen LogP contribution is 2.12. The molecule has 0 saturated carbocycles. The summed E-state index contributed by atoms with van der Waals surface area (Å²) in [5.41, 5.74) is 0. The molecule has 1 aliphatic heterocycles. The maximum absolute atomic E-state index is 11.2. The lowest BCUT2D eigenvalue weighted by Crippen LogP contribution is -2.40. The molecule has 78 valence electrons. The first-order valence-corrected chi connectivity index (χ1v) is 4.66. The Morgan fingerprint density at radius 1 is 1.29 bits per heavy atom. The van der Waals surface area contributed by atoms with Crippen molar-refractivity contribution >= 4 is 17.8 Å². The number of nitrogens with zero attached hydrogens (tertiary/aromatic N) is 1. The zero-order valence-electron chi connectivity index (χ0n) is 7.86. The van der Waals surface area contributed by atoms with Crippen LogP contribution in [0.25, 0.3) is 0 Å². The Bertz CT molecular complexity index is 246. The fourth-order valence-electron chi connectivity index (χ4n) is 1.44. The number of imide groups is 1. The summed E-state index contributed by atoms with van der Waals surface area (Å²) >= 11 is 0. The lowest BCUT2D eigenvalue weighted by atomic mass is 10.1. The van der Waals surface area contributed by atoms with E-state index in [0.29, 0.717) is 25.7 Å². The first-order chi connectivity index (χ1) is 6.61. The van der Waals surface area contributed by atoms with Gasteiger partial charge in [-0.05, 0) is 12.8 Å². The number of amides is 2. The van der Waals surface area contributed by atoms with E-state index in [9.17, 15) is 14.4 Å². The van der Waals surface area contributed by atoms with Gasteiger partial charge in [0, 0.05) is 25.8 Å². The first-order valence-electron chi connectivity index (χ1n) is 4.66. The molecule has 0 aromatic rings. The Balaban J connectivity index is 2.37. The zero-order valence-corrected chi connectivity index (χ0v) is 7.86. The molecule has 5 nitrogen and oxygen atoms in total. The molecule has 1 fully saturated rings. The van der Waals surface area contributed by atoms with Crippen LogP contribution in [-0.4, -0.2) is 34.3 Å².